The molecule has 15 heteroatoms. The van der Waals surface area contributed by atoms with Gasteiger partial charge < -0.3 is 37.1 Å². The van der Waals surface area contributed by atoms with E-state index in [4.69, 9.17) is 16.2 Å². The second-order valence-corrected chi connectivity index (χ2v) is 21.1. The van der Waals surface area contributed by atoms with E-state index < -0.39 is 0 Å². The lowest BCUT2D eigenvalue weighted by molar-refractivity contribution is -0.116. The van der Waals surface area contributed by atoms with Gasteiger partial charge in [0.1, 0.15) is 24.0 Å². The Morgan fingerprint density at radius 3 is 1.85 bits per heavy atom. The van der Waals surface area contributed by atoms with Gasteiger partial charge in [0.15, 0.2) is 0 Å². The maximum Gasteiger partial charge on any atom is 0.224 e. The minimum absolute atomic E-state index is 0.0269. The molecule has 7 N–H and O–H groups in total. The third-order valence-electron chi connectivity index (χ3n) is 12.1. The highest BCUT2D eigenvalue weighted by atomic mass is 32.2. The van der Waals surface area contributed by atoms with Crippen LogP contribution in [0.3, 0.4) is 0 Å². The van der Waals surface area contributed by atoms with Crippen LogP contribution in [0.2, 0.25) is 0 Å². The SMILES string of the molecule is NC(=Nc1ccc(CCCC(=O)Nc2ccc3c(c2)Sc2ccccc2N3)cc1)c1cccs1.NC(=Nc1ccc(N2CCN(CCOc3ccc4c(c3)Nc3ccccc3S4)CC2)cc1)c1cccs1. The number of piperazine rings is 1. The van der Waals surface area contributed by atoms with Gasteiger partial charge in [-0.25, -0.2) is 9.98 Å². The number of hydrogen-bond donors (Lipinski definition) is 5. The van der Waals surface area contributed by atoms with Crippen LogP contribution in [0.4, 0.5) is 45.5 Å². The molecule has 0 radical (unpaired) electrons. The molecule has 0 aliphatic carbocycles. The number of aryl methyl sites for hydroxylation is 1. The van der Waals surface area contributed by atoms with Gasteiger partial charge in [0, 0.05) is 76.2 Å². The number of carbonyl (C=O) groups excluding carboxylic acids is 1. The number of amides is 1. The lowest BCUT2D eigenvalue weighted by Crippen LogP contribution is -2.47. The molecule has 2 aromatic heterocycles. The van der Waals surface area contributed by atoms with Crippen LogP contribution in [0.25, 0.3) is 0 Å². The second kappa shape index (κ2) is 22.8. The quantitative estimate of drug-likeness (QED) is 0.0527. The molecule has 71 heavy (non-hydrogen) atoms. The summed E-state index contributed by atoms with van der Waals surface area (Å²) in [4.78, 5) is 33.2. The molecule has 5 heterocycles. The molecule has 1 fully saturated rings. The highest BCUT2D eigenvalue weighted by molar-refractivity contribution is 8.00. The molecule has 8 aromatic rings. The summed E-state index contributed by atoms with van der Waals surface area (Å²) < 4.78 is 6.12. The first-order chi connectivity index (χ1) is 34.8. The van der Waals surface area contributed by atoms with E-state index in [1.165, 1.54) is 25.9 Å². The van der Waals surface area contributed by atoms with E-state index in [9.17, 15) is 4.79 Å². The first kappa shape index (κ1) is 47.7. The Balaban J connectivity index is 0.000000165. The summed E-state index contributed by atoms with van der Waals surface area (Å²) in [5.74, 6) is 2.03. The van der Waals surface area contributed by atoms with Crippen LogP contribution < -0.4 is 37.1 Å². The van der Waals surface area contributed by atoms with E-state index in [2.05, 4.69) is 102 Å². The second-order valence-electron chi connectivity index (χ2n) is 17.0. The summed E-state index contributed by atoms with van der Waals surface area (Å²) in [6.45, 7) is 5.65. The Hall–Kier alpha value is -7.01. The number of anilines is 6. The fourth-order valence-corrected chi connectivity index (χ4v) is 11.6. The standard InChI is InChI=1S/C29H29N5OS2.C27H24N4OS2/c30-29(28-6-3-19-36-28)31-21-7-9-22(10-8-21)34-15-13-33(14-16-34)17-18-35-23-11-12-27-25(20-23)32-24-4-1-2-5-26(24)37-27;28-27(24-8-4-16-33-24)30-19-12-10-18(11-13-19)5-3-9-26(32)29-20-14-15-22-25(17-20)34-23-7-2-1-6-21(23)31-22/h1-12,19-20,32H,13-18H2,(H2,30,31);1-2,4,6-8,10-17,31H,3,5,9H2,(H2,28,30)(H,29,32). The van der Waals surface area contributed by atoms with E-state index in [1.807, 2.05) is 102 Å². The Morgan fingerprint density at radius 2 is 1.20 bits per heavy atom. The number of carbonyl (C=O) groups is 1. The third-order valence-corrected chi connectivity index (χ3v) is 16.2. The number of rotatable bonds is 14. The van der Waals surface area contributed by atoms with Crippen molar-refractivity contribution in [1.82, 2.24) is 4.90 Å². The molecule has 1 saturated heterocycles. The van der Waals surface area contributed by atoms with Crippen molar-refractivity contribution >= 4 is 109 Å². The summed E-state index contributed by atoms with van der Waals surface area (Å²) in [6, 6.07) is 53.2. The van der Waals surface area contributed by atoms with E-state index in [0.717, 1.165) is 106 Å². The number of nitrogens with zero attached hydrogens (tertiary/aromatic N) is 4. The molecule has 1 amide bonds. The highest BCUT2D eigenvalue weighted by Crippen LogP contribution is 2.46. The van der Waals surface area contributed by atoms with Gasteiger partial charge in [-0.15, -0.1) is 22.7 Å². The highest BCUT2D eigenvalue weighted by Gasteiger charge is 2.20. The normalized spacial score (nSPS) is 14.1. The van der Waals surface area contributed by atoms with Crippen molar-refractivity contribution in [3.8, 4) is 5.75 Å². The van der Waals surface area contributed by atoms with E-state index in [-0.39, 0.29) is 5.91 Å². The van der Waals surface area contributed by atoms with Crippen LogP contribution in [0.1, 0.15) is 28.2 Å². The van der Waals surface area contributed by atoms with Crippen molar-refractivity contribution < 1.29 is 9.53 Å². The minimum atomic E-state index is 0.0269. The first-order valence-corrected chi connectivity index (χ1v) is 27.0. The number of benzene rings is 6. The number of fused-ring (bicyclic) bond motifs is 4. The summed E-state index contributed by atoms with van der Waals surface area (Å²) in [7, 11) is 0. The van der Waals surface area contributed by atoms with Crippen molar-refractivity contribution in [3.63, 3.8) is 0 Å². The van der Waals surface area contributed by atoms with Crippen LogP contribution in [0.5, 0.6) is 5.75 Å². The first-order valence-electron chi connectivity index (χ1n) is 23.6. The Kier molecular flexibility index (Phi) is 15.3. The molecule has 358 valence electrons. The summed E-state index contributed by atoms with van der Waals surface area (Å²) in [6.07, 6.45) is 2.08. The lowest BCUT2D eigenvalue weighted by Gasteiger charge is -2.36. The van der Waals surface area contributed by atoms with Gasteiger partial charge in [0.25, 0.3) is 0 Å². The average Bonchev–Trinajstić information content (AvgIpc) is 4.16. The number of nitrogens with two attached hydrogens (primary N) is 2. The van der Waals surface area contributed by atoms with Gasteiger partial charge in [0.2, 0.25) is 5.91 Å². The number of thiophene rings is 2. The smallest absolute Gasteiger partial charge is 0.224 e. The van der Waals surface area contributed by atoms with E-state index in [1.54, 1.807) is 46.2 Å². The van der Waals surface area contributed by atoms with Gasteiger partial charge >= 0.3 is 0 Å². The Bertz CT molecular complexity index is 3130. The van der Waals surface area contributed by atoms with Crippen molar-refractivity contribution in [2.24, 2.45) is 21.5 Å². The van der Waals surface area contributed by atoms with Gasteiger partial charge in [-0.05, 0) is 132 Å². The summed E-state index contributed by atoms with van der Waals surface area (Å²) in [5, 5.41) is 14.0. The summed E-state index contributed by atoms with van der Waals surface area (Å²) >= 11 is 6.68. The van der Waals surface area contributed by atoms with Gasteiger partial charge in [-0.1, -0.05) is 72.1 Å². The van der Waals surface area contributed by atoms with Crippen LogP contribution >= 0.6 is 46.2 Å². The molecule has 11 rings (SSSR count). The topological polar surface area (TPSA) is 146 Å². The van der Waals surface area contributed by atoms with Crippen molar-refractivity contribution in [2.75, 3.05) is 60.2 Å². The fraction of sp³-hybridized carbons (Fsp3) is 0.161. The maximum absolute atomic E-state index is 12.5. The number of amidine groups is 2. The van der Waals surface area contributed by atoms with Crippen molar-refractivity contribution in [1.29, 1.82) is 0 Å². The van der Waals surface area contributed by atoms with Crippen LogP contribution in [0.15, 0.2) is 198 Å². The van der Waals surface area contributed by atoms with Gasteiger partial charge in [-0.2, -0.15) is 0 Å². The van der Waals surface area contributed by atoms with Crippen molar-refractivity contribution in [3.05, 3.63) is 184 Å². The zero-order valence-corrected chi connectivity index (χ0v) is 42.2. The van der Waals surface area contributed by atoms with Gasteiger partial charge in [0.05, 0.1) is 43.9 Å². The predicted octanol–water partition coefficient (Wildman–Crippen LogP) is 13.1. The summed E-state index contributed by atoms with van der Waals surface area (Å²) in [5.41, 5.74) is 21.6. The molecule has 3 aliphatic rings. The molecule has 6 aromatic carbocycles. The molecule has 0 bridgehead atoms. The van der Waals surface area contributed by atoms with Crippen LogP contribution in [0, 0.1) is 0 Å². The predicted molar refractivity (Wildman–Crippen MR) is 299 cm³/mol. The Morgan fingerprint density at radius 1 is 0.606 bits per heavy atom. The van der Waals surface area contributed by atoms with Gasteiger partial charge in [-0.3, -0.25) is 9.69 Å². The van der Waals surface area contributed by atoms with E-state index in [0.29, 0.717) is 24.7 Å². The monoisotopic (exact) mass is 1010 g/mol. The lowest BCUT2D eigenvalue weighted by atomic mass is 10.1. The average molecular weight is 1010 g/mol. The molecule has 0 spiro atoms. The molecule has 0 saturated carbocycles. The number of para-hydroxylation sites is 2. The molecular formula is C56H53N9O2S4. The van der Waals surface area contributed by atoms with E-state index >= 15 is 0 Å². The minimum Gasteiger partial charge on any atom is -0.492 e. The number of hydrogen-bond acceptors (Lipinski definition) is 12. The number of nitrogens with one attached hydrogen (secondary N) is 3. The molecule has 0 unspecified atom stereocenters. The fourth-order valence-electron chi connectivity index (χ4n) is 8.33. The Labute approximate surface area is 431 Å². The zero-order valence-electron chi connectivity index (χ0n) is 38.9. The number of aliphatic imine (C=N–C) groups is 2. The largest absolute Gasteiger partial charge is 0.492 e. The molecular weight excluding hydrogens is 959 g/mol. The van der Waals surface area contributed by atoms with Crippen LogP contribution in [-0.4, -0.2) is 61.8 Å². The number of ether oxygens (including phenoxy) is 1. The third kappa shape index (κ3) is 12.5. The molecule has 11 nitrogen and oxygen atoms in total. The van der Waals surface area contributed by atoms with Crippen LogP contribution in [-0.2, 0) is 11.2 Å². The zero-order chi connectivity index (χ0) is 48.4. The maximum atomic E-state index is 12.5. The molecule has 3 aliphatic heterocycles. The van der Waals surface area contributed by atoms with Crippen molar-refractivity contribution in [2.45, 2.75) is 38.8 Å². The molecule has 0 atom stereocenters.